The monoisotopic (exact) mass is 814 g/mol. The topological polar surface area (TPSA) is 154 Å². The van der Waals surface area contributed by atoms with Crippen LogP contribution >= 0.6 is 0 Å². The van der Waals surface area contributed by atoms with Crippen molar-refractivity contribution in [3.63, 3.8) is 0 Å². The van der Waals surface area contributed by atoms with Crippen molar-refractivity contribution in [2.45, 2.75) is 113 Å². The number of esters is 3. The molecule has 59 heavy (non-hydrogen) atoms. The van der Waals surface area contributed by atoms with Crippen LogP contribution in [0.25, 0.3) is 10.9 Å². The van der Waals surface area contributed by atoms with Crippen molar-refractivity contribution in [1.29, 1.82) is 0 Å². The largest absolute Gasteiger partial charge is 0.468 e. The lowest BCUT2D eigenvalue weighted by molar-refractivity contribution is -0.257. The van der Waals surface area contributed by atoms with Gasteiger partial charge in [-0.25, -0.2) is 4.79 Å². The van der Waals surface area contributed by atoms with Gasteiger partial charge in [-0.05, 0) is 93.7 Å². The molecule has 4 saturated heterocycles. The maximum absolute atomic E-state index is 15.4. The number of likely N-dealkylation sites (N-methyl/N-ethyl adjacent to an activating group) is 1. The molecular formula is C46H62N4O9. The number of ether oxygens (including phenoxy) is 4. The molecule has 320 valence electrons. The second-order valence-electron chi connectivity index (χ2n) is 18.9. The number of carbonyl (C=O) groups is 3. The van der Waals surface area contributed by atoms with Crippen LogP contribution < -0.4 is 0 Å². The van der Waals surface area contributed by atoms with E-state index in [4.69, 9.17) is 18.9 Å². The summed E-state index contributed by atoms with van der Waals surface area (Å²) in [7, 11) is 6.32. The molecule has 12 atom stereocenters. The van der Waals surface area contributed by atoms with Gasteiger partial charge in [0.2, 0.25) is 5.60 Å². The quantitative estimate of drug-likeness (QED) is 0.275. The smallest absolute Gasteiger partial charge is 0.344 e. The fourth-order valence-corrected chi connectivity index (χ4v) is 14.4. The lowest BCUT2D eigenvalue weighted by Gasteiger charge is -2.64. The number of hydrogen-bond acceptors (Lipinski definition) is 12. The first-order chi connectivity index (χ1) is 28.2. The van der Waals surface area contributed by atoms with E-state index in [1.165, 1.54) is 21.1 Å². The fourth-order valence-electron chi connectivity index (χ4n) is 14.4. The van der Waals surface area contributed by atoms with Gasteiger partial charge in [-0.15, -0.1) is 0 Å². The molecule has 2 aromatic rings. The molecular weight excluding hydrogens is 753 g/mol. The van der Waals surface area contributed by atoms with Crippen molar-refractivity contribution >= 4 is 28.8 Å². The number of methoxy groups -OCH3 is 3. The normalized spacial score (nSPS) is 41.2. The highest BCUT2D eigenvalue weighted by molar-refractivity contribution is 5.91. The first kappa shape index (κ1) is 40.6. The van der Waals surface area contributed by atoms with Crippen molar-refractivity contribution in [3.8, 4) is 0 Å². The molecule has 13 heteroatoms. The van der Waals surface area contributed by atoms with Gasteiger partial charge in [0.15, 0.2) is 6.10 Å². The van der Waals surface area contributed by atoms with E-state index in [2.05, 4.69) is 46.0 Å². The number of aromatic amines is 1. The standard InChI is InChI=1S/C46H62N4O9/c1-8-42(54)23-28-24-45(40(52)57-6,36-30(15-19-49(25-28)26-42)29-13-10-11-14-33(29)47-36)32-21-31-34(22-35(32)56-5)48(4)38-44(31)17-20-50-18-12-16-43(9-2,37(44)50)39(59-27(3)51)46(38,55)41(53)58-7/h10-11,13-14,21-22,28,32,35,37-39,47,54-55H,8-9,12,15-20,23-26H2,1-7H3/t28-,32?,35?,37-,38?,39+,42-,43+,44+,45-,46-/m0/s1. The van der Waals surface area contributed by atoms with E-state index in [-0.39, 0.29) is 17.9 Å². The van der Waals surface area contributed by atoms with Crippen LogP contribution in [0.15, 0.2) is 47.7 Å². The van der Waals surface area contributed by atoms with Gasteiger partial charge in [0.1, 0.15) is 5.41 Å². The van der Waals surface area contributed by atoms with Crippen LogP contribution in [0.5, 0.6) is 0 Å². The fraction of sp³-hybridized carbons (Fsp3) is 0.674. The maximum atomic E-state index is 15.4. The lowest BCUT2D eigenvalue weighted by atomic mass is 9.46. The van der Waals surface area contributed by atoms with Gasteiger partial charge in [-0.2, -0.15) is 0 Å². The second kappa shape index (κ2) is 14.2. The molecule has 5 aliphatic heterocycles. The van der Waals surface area contributed by atoms with E-state index in [1.807, 2.05) is 31.0 Å². The Bertz CT molecular complexity index is 2120. The Labute approximate surface area is 347 Å². The highest BCUT2D eigenvalue weighted by atomic mass is 16.6. The molecule has 1 aromatic heterocycles. The number of H-pyrrole nitrogens is 1. The average Bonchev–Trinajstić information content (AvgIpc) is 3.90. The molecule has 1 saturated carbocycles. The van der Waals surface area contributed by atoms with Crippen LogP contribution in [0.4, 0.5) is 0 Å². The zero-order valence-electron chi connectivity index (χ0n) is 35.7. The van der Waals surface area contributed by atoms with E-state index in [0.29, 0.717) is 51.5 Å². The lowest BCUT2D eigenvalue weighted by Crippen LogP contribution is -2.80. The number of carbonyl (C=O) groups excluding carboxylic acids is 3. The Hall–Kier alpha value is -3.75. The molecule has 1 aromatic carbocycles. The number of nitrogens with zero attached hydrogens (tertiary/aromatic N) is 3. The van der Waals surface area contributed by atoms with Crippen molar-refractivity contribution in [1.82, 2.24) is 19.7 Å². The minimum Gasteiger partial charge on any atom is -0.468 e. The third-order valence-electron chi connectivity index (χ3n) is 16.4. The van der Waals surface area contributed by atoms with Gasteiger partial charge in [0.25, 0.3) is 0 Å². The Kier molecular flexibility index (Phi) is 9.75. The van der Waals surface area contributed by atoms with E-state index >= 15 is 4.79 Å². The first-order valence-corrected chi connectivity index (χ1v) is 21.8. The molecule has 4 unspecified atom stereocenters. The van der Waals surface area contributed by atoms with Gasteiger partial charge in [-0.1, -0.05) is 38.1 Å². The van der Waals surface area contributed by atoms with Crippen LogP contribution in [0.1, 0.15) is 77.0 Å². The minimum atomic E-state index is -2.23. The molecule has 6 heterocycles. The van der Waals surface area contributed by atoms with Crippen molar-refractivity contribution in [2.75, 3.05) is 61.1 Å². The van der Waals surface area contributed by atoms with Crippen molar-refractivity contribution < 1.29 is 43.5 Å². The molecule has 2 bridgehead atoms. The zero-order chi connectivity index (χ0) is 41.9. The van der Waals surface area contributed by atoms with Crippen molar-refractivity contribution in [2.24, 2.45) is 22.7 Å². The summed E-state index contributed by atoms with van der Waals surface area (Å²) < 4.78 is 24.2. The van der Waals surface area contributed by atoms with E-state index in [0.717, 1.165) is 66.0 Å². The van der Waals surface area contributed by atoms with Crippen molar-refractivity contribution in [3.05, 3.63) is 58.9 Å². The first-order valence-electron chi connectivity index (χ1n) is 21.8. The molecule has 0 radical (unpaired) electrons. The van der Waals surface area contributed by atoms with E-state index < -0.39 is 63.6 Å². The molecule has 0 amide bonds. The third kappa shape index (κ3) is 5.36. The molecule has 9 rings (SSSR count). The maximum Gasteiger partial charge on any atom is 0.344 e. The predicted octanol–water partition coefficient (Wildman–Crippen LogP) is 3.86. The van der Waals surface area contributed by atoms with Gasteiger partial charge in [0.05, 0.1) is 32.0 Å². The van der Waals surface area contributed by atoms with Gasteiger partial charge >= 0.3 is 17.9 Å². The zero-order valence-corrected chi connectivity index (χ0v) is 35.7. The predicted molar refractivity (Wildman–Crippen MR) is 219 cm³/mol. The number of likely N-dealkylation sites (tertiary alicyclic amines) is 1. The van der Waals surface area contributed by atoms with E-state index in [9.17, 15) is 19.8 Å². The number of hydrogen-bond donors (Lipinski definition) is 3. The number of allylic oxidation sites excluding steroid dienone is 1. The van der Waals surface area contributed by atoms with E-state index in [1.54, 1.807) is 7.11 Å². The SMILES string of the molecule is CC[C@]1(O)C[C@@H]2CN(CCc3c([nH]c4ccccc34)[C@@](C(=O)OC)(C3C=C4C(=CC3OC)N(C)C3[C@]45CCN4CCC[C@@](CC)([C@@H](OC(C)=O)[C@]3(O)C(=O)OC)[C@H]45)C2)C1. The Morgan fingerprint density at radius 3 is 2.39 bits per heavy atom. The Morgan fingerprint density at radius 1 is 0.932 bits per heavy atom. The molecule has 5 fully saturated rings. The summed E-state index contributed by atoms with van der Waals surface area (Å²) >= 11 is 0. The van der Waals surface area contributed by atoms with Gasteiger partial charge < -0.3 is 39.0 Å². The number of rotatable bonds is 7. The minimum absolute atomic E-state index is 0.0553. The Morgan fingerprint density at radius 2 is 1.69 bits per heavy atom. The number of fused-ring (bicyclic) bond motifs is 6. The molecule has 7 aliphatic rings. The van der Waals surface area contributed by atoms with Crippen LogP contribution in [-0.2, 0) is 45.2 Å². The van der Waals surface area contributed by atoms with Crippen LogP contribution in [0, 0.1) is 22.7 Å². The number of aliphatic hydroxyl groups is 2. The Balaban J connectivity index is 1.33. The molecule has 3 N–H and O–H groups in total. The average molecular weight is 815 g/mol. The number of aromatic nitrogens is 1. The number of para-hydroxylation sites is 1. The number of piperidine rings is 2. The van der Waals surface area contributed by atoms with Gasteiger partial charge in [0, 0.05) is 85.8 Å². The summed E-state index contributed by atoms with van der Waals surface area (Å²) in [5.74, 6) is -2.41. The summed E-state index contributed by atoms with van der Waals surface area (Å²) in [4.78, 5) is 53.5. The summed E-state index contributed by atoms with van der Waals surface area (Å²) in [6, 6.07) is 7.15. The summed E-state index contributed by atoms with van der Waals surface area (Å²) in [6.07, 6.45) is 7.42. The number of benzene rings is 1. The molecule has 13 nitrogen and oxygen atoms in total. The number of nitrogens with one attached hydrogen (secondary N) is 1. The molecule has 2 aliphatic carbocycles. The van der Waals surface area contributed by atoms with Gasteiger partial charge in [-0.3, -0.25) is 19.4 Å². The van der Waals surface area contributed by atoms with Crippen LogP contribution in [0.3, 0.4) is 0 Å². The second-order valence-corrected chi connectivity index (χ2v) is 18.9. The summed E-state index contributed by atoms with van der Waals surface area (Å²) in [5, 5.41) is 26.4. The summed E-state index contributed by atoms with van der Waals surface area (Å²) in [5.41, 5.74) is -1.42. The summed E-state index contributed by atoms with van der Waals surface area (Å²) in [6.45, 7) is 9.06. The highest BCUT2D eigenvalue weighted by Gasteiger charge is 2.81. The van der Waals surface area contributed by atoms with Crippen LogP contribution in [-0.4, -0.2) is 144 Å². The molecule has 1 spiro atoms. The van der Waals surface area contributed by atoms with Crippen LogP contribution in [0.2, 0.25) is 0 Å². The highest BCUT2D eigenvalue weighted by Crippen LogP contribution is 2.71. The third-order valence-corrected chi connectivity index (χ3v) is 16.4.